The fourth-order valence-corrected chi connectivity index (χ4v) is 5.44. The highest BCUT2D eigenvalue weighted by molar-refractivity contribution is 14.1. The summed E-state index contributed by atoms with van der Waals surface area (Å²) in [7, 11) is -1.72. The molecule has 1 rings (SSSR count). The Morgan fingerprint density at radius 3 is 2.29 bits per heavy atom. The fraction of sp³-hybridized carbons (Fsp3) is 0.800. The van der Waals surface area contributed by atoms with Crippen LogP contribution in [0.1, 0.15) is 67.2 Å². The van der Waals surface area contributed by atoms with Crippen molar-refractivity contribution in [2.75, 3.05) is 24.2 Å². The maximum absolute atomic E-state index is 12.5. The van der Waals surface area contributed by atoms with Crippen molar-refractivity contribution in [1.82, 2.24) is 0 Å². The highest BCUT2D eigenvalue weighted by Crippen LogP contribution is 2.39. The van der Waals surface area contributed by atoms with Gasteiger partial charge in [0.1, 0.15) is 5.78 Å². The highest BCUT2D eigenvalue weighted by Gasteiger charge is 2.37. The van der Waals surface area contributed by atoms with Crippen molar-refractivity contribution < 1.29 is 18.7 Å². The molecule has 180 valence electrons. The van der Waals surface area contributed by atoms with Gasteiger partial charge in [-0.15, -0.1) is 0 Å². The molecule has 0 saturated carbocycles. The maximum atomic E-state index is 12.5. The first-order valence-corrected chi connectivity index (χ1v) is 16.1. The van der Waals surface area contributed by atoms with Crippen LogP contribution in [0.5, 0.6) is 0 Å². The number of hydrogen-bond acceptors (Lipinski definition) is 4. The van der Waals surface area contributed by atoms with Crippen LogP contribution < -0.4 is 0 Å². The Balaban J connectivity index is 2.81. The lowest BCUT2D eigenvalue weighted by atomic mass is 9.70. The van der Waals surface area contributed by atoms with Crippen LogP contribution in [0.3, 0.4) is 0 Å². The summed E-state index contributed by atoms with van der Waals surface area (Å²) in [4.78, 5) is 12.5. The summed E-state index contributed by atoms with van der Waals surface area (Å²) in [6, 6.07) is 0. The molecule has 1 heterocycles. The van der Waals surface area contributed by atoms with Gasteiger partial charge in [-0.2, -0.15) is 0 Å². The van der Waals surface area contributed by atoms with E-state index in [0.717, 1.165) is 42.3 Å². The summed E-state index contributed by atoms with van der Waals surface area (Å²) in [6.07, 6.45) is 10.2. The molecule has 0 unspecified atom stereocenters. The molecular weight excluding hydrogens is 519 g/mol. The summed E-state index contributed by atoms with van der Waals surface area (Å²) in [6.45, 7) is 19.5. The normalized spacial score (nSPS) is 19.7. The van der Waals surface area contributed by atoms with Crippen LogP contribution >= 0.6 is 22.6 Å². The quantitative estimate of drug-likeness (QED) is 0.0788. The predicted molar refractivity (Wildman–Crippen MR) is 141 cm³/mol. The molecular formula is C25H45IO4Si. The smallest absolute Gasteiger partial charge is 0.191 e. The van der Waals surface area contributed by atoms with Crippen LogP contribution in [-0.4, -0.2) is 44.6 Å². The molecule has 0 radical (unpaired) electrons. The summed E-state index contributed by atoms with van der Waals surface area (Å²) in [5.41, 5.74) is 0.960. The number of allylic oxidation sites excluding steroid dienone is 2. The molecule has 2 atom stereocenters. The molecule has 0 amide bonds. The van der Waals surface area contributed by atoms with Crippen LogP contribution in [0.15, 0.2) is 23.8 Å². The van der Waals surface area contributed by atoms with Crippen molar-refractivity contribution in [2.24, 2.45) is 11.3 Å². The van der Waals surface area contributed by atoms with Crippen molar-refractivity contribution in [3.63, 3.8) is 0 Å². The van der Waals surface area contributed by atoms with Crippen molar-refractivity contribution in [3.05, 3.63) is 23.8 Å². The zero-order valence-corrected chi connectivity index (χ0v) is 24.2. The van der Waals surface area contributed by atoms with E-state index in [-0.39, 0.29) is 28.4 Å². The van der Waals surface area contributed by atoms with E-state index >= 15 is 0 Å². The van der Waals surface area contributed by atoms with Crippen molar-refractivity contribution in [2.45, 2.75) is 91.6 Å². The van der Waals surface area contributed by atoms with Gasteiger partial charge in [-0.25, -0.2) is 0 Å². The molecule has 1 aliphatic heterocycles. The standard InChI is InChI=1S/C25H45IO4Si/c1-20(23-28-18-19-29-23)12-11-15-25(6,22(13-16-26)21(2)27)14-9-10-17-30-31(7,8)24(3,4)5/h9,12,14,22-23H,10-11,13,15-19H2,1-8H3/b14-9+,20-12+/t22-,25-/m1/s1. The topological polar surface area (TPSA) is 44.8 Å². The van der Waals surface area contributed by atoms with Crippen LogP contribution in [0.25, 0.3) is 0 Å². The molecule has 0 aliphatic carbocycles. The number of carbonyl (C=O) groups is 1. The number of carbonyl (C=O) groups excluding carboxylic acids is 1. The van der Waals surface area contributed by atoms with Gasteiger partial charge in [0.05, 0.1) is 13.2 Å². The fourth-order valence-electron chi connectivity index (χ4n) is 3.76. The van der Waals surface area contributed by atoms with Crippen molar-refractivity contribution >= 4 is 36.7 Å². The van der Waals surface area contributed by atoms with Gasteiger partial charge < -0.3 is 13.9 Å². The molecule has 0 bridgehead atoms. The van der Waals surface area contributed by atoms with Crippen LogP contribution in [0, 0.1) is 11.3 Å². The zero-order valence-electron chi connectivity index (χ0n) is 21.1. The third-order valence-corrected chi connectivity index (χ3v) is 12.0. The molecule has 6 heteroatoms. The molecule has 4 nitrogen and oxygen atoms in total. The molecule has 31 heavy (non-hydrogen) atoms. The summed E-state index contributed by atoms with van der Waals surface area (Å²) < 4.78 is 18.5. The number of hydrogen-bond donors (Lipinski definition) is 0. The molecule has 0 aromatic carbocycles. The van der Waals surface area contributed by atoms with Gasteiger partial charge in [0, 0.05) is 17.0 Å². The van der Waals surface area contributed by atoms with Crippen LogP contribution in [0.4, 0.5) is 0 Å². The molecule has 0 N–H and O–H groups in total. The van der Waals surface area contributed by atoms with Crippen LogP contribution in [0.2, 0.25) is 18.1 Å². The van der Waals surface area contributed by atoms with E-state index in [4.69, 9.17) is 13.9 Å². The largest absolute Gasteiger partial charge is 0.417 e. The van der Waals surface area contributed by atoms with E-state index in [1.165, 1.54) is 0 Å². The van der Waals surface area contributed by atoms with E-state index < -0.39 is 8.32 Å². The summed E-state index contributed by atoms with van der Waals surface area (Å²) in [5.74, 6) is 0.319. The van der Waals surface area contributed by atoms with Gasteiger partial charge in [-0.05, 0) is 68.7 Å². The predicted octanol–water partition coefficient (Wildman–Crippen LogP) is 7.09. The first kappa shape index (κ1) is 29.0. The summed E-state index contributed by atoms with van der Waals surface area (Å²) in [5, 5.41) is 0.224. The third-order valence-electron chi connectivity index (χ3n) is 6.88. The zero-order chi connectivity index (χ0) is 23.7. The van der Waals surface area contributed by atoms with E-state index in [2.05, 4.69) is 88.5 Å². The number of rotatable bonds is 13. The minimum absolute atomic E-state index is 0.0367. The molecule has 0 aromatic heterocycles. The van der Waals surface area contributed by atoms with E-state index in [0.29, 0.717) is 13.2 Å². The number of alkyl halides is 1. The van der Waals surface area contributed by atoms with E-state index in [1.807, 2.05) is 0 Å². The first-order chi connectivity index (χ1) is 14.3. The number of ether oxygens (including phenoxy) is 2. The van der Waals surface area contributed by atoms with Gasteiger partial charge in [0.2, 0.25) is 0 Å². The van der Waals surface area contributed by atoms with E-state index in [9.17, 15) is 4.79 Å². The second-order valence-corrected chi connectivity index (χ2v) is 16.4. The number of Topliss-reactive ketones (excluding diaryl/α,β-unsaturated/α-hetero) is 1. The number of halogens is 1. The average molecular weight is 565 g/mol. The average Bonchev–Trinajstić information content (AvgIpc) is 3.19. The first-order valence-electron chi connectivity index (χ1n) is 11.6. The van der Waals surface area contributed by atoms with Crippen LogP contribution in [-0.2, 0) is 18.7 Å². The Kier molecular flexibility index (Phi) is 12.2. The molecule has 1 aliphatic rings. The molecule has 0 aromatic rings. The second-order valence-electron chi connectivity index (χ2n) is 10.5. The van der Waals surface area contributed by atoms with Gasteiger partial charge >= 0.3 is 0 Å². The lowest BCUT2D eigenvalue weighted by molar-refractivity contribution is -0.123. The maximum Gasteiger partial charge on any atom is 0.191 e. The highest BCUT2D eigenvalue weighted by atomic mass is 127. The Hall–Kier alpha value is -0.0231. The monoisotopic (exact) mass is 564 g/mol. The van der Waals surface area contributed by atoms with Gasteiger partial charge in [-0.1, -0.05) is 68.5 Å². The van der Waals surface area contributed by atoms with Crippen molar-refractivity contribution in [3.8, 4) is 0 Å². The SMILES string of the molecule is CC(=O)[C@@H](CCI)[C@](C)(/C=C/CCO[Si](C)(C)C(C)(C)C)CC/C=C(\C)C1OCCO1. The minimum Gasteiger partial charge on any atom is -0.417 e. The Bertz CT molecular complexity index is 618. The molecule has 1 fully saturated rings. The van der Waals surface area contributed by atoms with Gasteiger partial charge in [0.15, 0.2) is 14.6 Å². The Morgan fingerprint density at radius 1 is 1.16 bits per heavy atom. The second kappa shape index (κ2) is 13.0. The Morgan fingerprint density at radius 2 is 1.77 bits per heavy atom. The summed E-state index contributed by atoms with van der Waals surface area (Å²) >= 11 is 2.38. The minimum atomic E-state index is -1.72. The third kappa shape index (κ3) is 9.39. The molecule has 1 saturated heterocycles. The van der Waals surface area contributed by atoms with Gasteiger partial charge in [-0.3, -0.25) is 4.79 Å². The lowest BCUT2D eigenvalue weighted by Crippen LogP contribution is -2.40. The lowest BCUT2D eigenvalue weighted by Gasteiger charge is -2.36. The Labute approximate surface area is 205 Å². The van der Waals surface area contributed by atoms with E-state index in [1.54, 1.807) is 6.92 Å². The number of ketones is 1. The molecule has 0 spiro atoms. The van der Waals surface area contributed by atoms with Crippen molar-refractivity contribution in [1.29, 1.82) is 0 Å². The van der Waals surface area contributed by atoms with Gasteiger partial charge in [0.25, 0.3) is 0 Å².